The summed E-state index contributed by atoms with van der Waals surface area (Å²) in [6.45, 7) is 9.98. The molecule has 0 N–H and O–H groups in total. The van der Waals surface area contributed by atoms with Gasteiger partial charge in [-0.15, -0.1) is 0 Å². The second-order valence-electron chi connectivity index (χ2n) is 3.89. The van der Waals surface area contributed by atoms with Crippen molar-refractivity contribution in [1.29, 1.82) is 0 Å². The summed E-state index contributed by atoms with van der Waals surface area (Å²) in [7, 11) is 0. The normalized spacial score (nSPS) is 10.4. The predicted molar refractivity (Wildman–Crippen MR) is 65.3 cm³/mol. The molecular weight excluding hydrogens is 203 g/mol. The zero-order chi connectivity index (χ0) is 12.3. The van der Waals surface area contributed by atoms with Gasteiger partial charge in [-0.3, -0.25) is 0 Å². The Hall–Kier alpha value is -1.38. The Bertz CT molecular complexity index is 472. The van der Waals surface area contributed by atoms with Crippen LogP contribution in [-0.2, 0) is 0 Å². The van der Waals surface area contributed by atoms with Crippen LogP contribution in [0, 0.1) is 12.7 Å². The van der Waals surface area contributed by atoms with Gasteiger partial charge in [0.2, 0.25) is 0 Å². The van der Waals surface area contributed by atoms with Crippen LogP contribution >= 0.6 is 0 Å². The first kappa shape index (κ1) is 12.7. The molecule has 3 heteroatoms. The molecule has 0 aliphatic rings. The number of aryl methyl sites for hydroxylation is 1. The summed E-state index contributed by atoms with van der Waals surface area (Å²) in [5.74, 6) is 1.01. The van der Waals surface area contributed by atoms with Crippen molar-refractivity contribution in [3.8, 4) is 0 Å². The molecule has 0 aliphatic carbocycles. The van der Waals surface area contributed by atoms with Crippen LogP contribution < -0.4 is 0 Å². The van der Waals surface area contributed by atoms with Gasteiger partial charge < -0.3 is 4.40 Å². The lowest BCUT2D eigenvalue weighted by atomic mass is 10.2. The Morgan fingerprint density at radius 2 is 1.94 bits per heavy atom. The molecule has 2 aromatic heterocycles. The fourth-order valence-electron chi connectivity index (χ4n) is 1.63. The summed E-state index contributed by atoms with van der Waals surface area (Å²) >= 11 is 0. The van der Waals surface area contributed by atoms with Crippen molar-refractivity contribution >= 4 is 5.52 Å². The first-order valence-corrected chi connectivity index (χ1v) is 5.72. The minimum Gasteiger partial charge on any atom is -0.301 e. The van der Waals surface area contributed by atoms with E-state index in [0.29, 0.717) is 11.4 Å². The molecule has 0 unspecified atom stereocenters. The van der Waals surface area contributed by atoms with Crippen LogP contribution in [0.1, 0.15) is 45.0 Å². The van der Waals surface area contributed by atoms with Crippen molar-refractivity contribution in [3.05, 3.63) is 35.7 Å². The van der Waals surface area contributed by atoms with E-state index < -0.39 is 0 Å². The average Bonchev–Trinajstić information content (AvgIpc) is 2.64. The van der Waals surface area contributed by atoms with E-state index in [1.54, 1.807) is 6.20 Å². The number of pyridine rings is 1. The van der Waals surface area contributed by atoms with Gasteiger partial charge in [-0.05, 0) is 18.6 Å². The van der Waals surface area contributed by atoms with Crippen LogP contribution in [0.5, 0.6) is 0 Å². The van der Waals surface area contributed by atoms with E-state index in [1.807, 2.05) is 31.4 Å². The summed E-state index contributed by atoms with van der Waals surface area (Å²) in [6, 6.07) is 1.53. The highest BCUT2D eigenvalue weighted by molar-refractivity contribution is 5.49. The Balaban J connectivity index is 0.000000606. The molecule has 0 radical (unpaired) electrons. The third-order valence-electron chi connectivity index (χ3n) is 2.27. The van der Waals surface area contributed by atoms with Crippen LogP contribution in [0.25, 0.3) is 5.52 Å². The molecule has 0 aromatic carbocycles. The monoisotopic (exact) mass is 222 g/mol. The Morgan fingerprint density at radius 3 is 2.50 bits per heavy atom. The first-order valence-electron chi connectivity index (χ1n) is 5.72. The van der Waals surface area contributed by atoms with Crippen molar-refractivity contribution in [2.24, 2.45) is 0 Å². The Labute approximate surface area is 96.1 Å². The quantitative estimate of drug-likeness (QED) is 0.714. The van der Waals surface area contributed by atoms with E-state index in [1.165, 1.54) is 6.07 Å². The van der Waals surface area contributed by atoms with Gasteiger partial charge in [0.15, 0.2) is 0 Å². The van der Waals surface area contributed by atoms with E-state index in [2.05, 4.69) is 18.8 Å². The fraction of sp³-hybridized carbons (Fsp3) is 0.462. The van der Waals surface area contributed by atoms with Gasteiger partial charge in [-0.1, -0.05) is 27.7 Å². The summed E-state index contributed by atoms with van der Waals surface area (Å²) in [5, 5.41) is 0. The lowest BCUT2D eigenvalue weighted by Gasteiger charge is -2.05. The molecule has 2 aromatic rings. The van der Waals surface area contributed by atoms with Crippen LogP contribution in [0.15, 0.2) is 18.5 Å². The maximum absolute atomic E-state index is 13.5. The molecule has 0 spiro atoms. The SMILES string of the molecule is CC.Cc1cc(F)c2cnc(C(C)C)n2c1. The van der Waals surface area contributed by atoms with Crippen molar-refractivity contribution in [1.82, 2.24) is 9.38 Å². The van der Waals surface area contributed by atoms with Crippen molar-refractivity contribution < 1.29 is 4.39 Å². The topological polar surface area (TPSA) is 17.3 Å². The van der Waals surface area contributed by atoms with Crippen LogP contribution in [0.2, 0.25) is 0 Å². The molecule has 0 aliphatic heterocycles. The van der Waals surface area contributed by atoms with E-state index in [-0.39, 0.29) is 5.82 Å². The smallest absolute Gasteiger partial charge is 0.149 e. The Kier molecular flexibility index (Phi) is 4.05. The van der Waals surface area contributed by atoms with Gasteiger partial charge in [-0.25, -0.2) is 9.37 Å². The number of rotatable bonds is 1. The first-order chi connectivity index (χ1) is 7.59. The van der Waals surface area contributed by atoms with Crippen LogP contribution in [-0.4, -0.2) is 9.38 Å². The Morgan fingerprint density at radius 1 is 1.31 bits per heavy atom. The number of nitrogens with zero attached hydrogens (tertiary/aromatic N) is 2. The molecule has 0 saturated carbocycles. The van der Waals surface area contributed by atoms with Gasteiger partial charge in [0.05, 0.1) is 6.20 Å². The summed E-state index contributed by atoms with van der Waals surface area (Å²) in [6.07, 6.45) is 3.50. The zero-order valence-electron chi connectivity index (χ0n) is 10.6. The van der Waals surface area contributed by atoms with E-state index in [9.17, 15) is 4.39 Å². The highest BCUT2D eigenvalue weighted by atomic mass is 19.1. The second kappa shape index (κ2) is 5.10. The number of hydrogen-bond donors (Lipinski definition) is 0. The lowest BCUT2D eigenvalue weighted by molar-refractivity contribution is 0.629. The molecule has 88 valence electrons. The third kappa shape index (κ3) is 2.23. The molecule has 0 atom stereocenters. The maximum atomic E-state index is 13.5. The molecular formula is C13H19FN2. The zero-order valence-corrected chi connectivity index (χ0v) is 10.6. The van der Waals surface area contributed by atoms with E-state index in [0.717, 1.165) is 11.4 Å². The van der Waals surface area contributed by atoms with Crippen molar-refractivity contribution in [2.45, 2.75) is 40.5 Å². The molecule has 0 amide bonds. The van der Waals surface area contributed by atoms with Crippen LogP contribution in [0.4, 0.5) is 4.39 Å². The maximum Gasteiger partial charge on any atom is 0.149 e. The molecule has 0 bridgehead atoms. The van der Waals surface area contributed by atoms with Gasteiger partial charge >= 0.3 is 0 Å². The molecule has 2 nitrogen and oxygen atoms in total. The molecule has 2 rings (SSSR count). The number of aromatic nitrogens is 2. The van der Waals surface area contributed by atoms with Gasteiger partial charge in [0.25, 0.3) is 0 Å². The summed E-state index contributed by atoms with van der Waals surface area (Å²) in [4.78, 5) is 4.22. The third-order valence-corrected chi connectivity index (χ3v) is 2.27. The second-order valence-corrected chi connectivity index (χ2v) is 3.89. The van der Waals surface area contributed by atoms with E-state index in [4.69, 9.17) is 0 Å². The number of hydrogen-bond acceptors (Lipinski definition) is 1. The van der Waals surface area contributed by atoms with Crippen molar-refractivity contribution in [3.63, 3.8) is 0 Å². The summed E-state index contributed by atoms with van der Waals surface area (Å²) < 4.78 is 15.3. The van der Waals surface area contributed by atoms with Gasteiger partial charge in [0.1, 0.15) is 17.2 Å². The molecule has 0 saturated heterocycles. The minimum absolute atomic E-state index is 0.204. The highest BCUT2D eigenvalue weighted by Gasteiger charge is 2.10. The average molecular weight is 222 g/mol. The van der Waals surface area contributed by atoms with E-state index >= 15 is 0 Å². The van der Waals surface area contributed by atoms with Crippen LogP contribution in [0.3, 0.4) is 0 Å². The molecule has 0 fully saturated rings. The molecule has 16 heavy (non-hydrogen) atoms. The van der Waals surface area contributed by atoms with Gasteiger partial charge in [-0.2, -0.15) is 0 Å². The number of halogens is 1. The standard InChI is InChI=1S/C11H13FN2.C2H6/c1-7(2)11-13-5-10-9(12)4-8(3)6-14(10)11;1-2/h4-7H,1-3H3;1-2H3. The number of fused-ring (bicyclic) bond motifs is 1. The number of imidazole rings is 1. The minimum atomic E-state index is -0.204. The largest absolute Gasteiger partial charge is 0.301 e. The lowest BCUT2D eigenvalue weighted by Crippen LogP contribution is -1.98. The predicted octanol–water partition coefficient (Wildman–Crippen LogP) is 3.93. The fourth-order valence-corrected chi connectivity index (χ4v) is 1.63. The molecule has 2 heterocycles. The van der Waals surface area contributed by atoms with Crippen molar-refractivity contribution in [2.75, 3.05) is 0 Å². The van der Waals surface area contributed by atoms with Gasteiger partial charge in [0, 0.05) is 12.1 Å². The highest BCUT2D eigenvalue weighted by Crippen LogP contribution is 2.18. The summed E-state index contributed by atoms with van der Waals surface area (Å²) in [5.41, 5.74) is 1.47.